The maximum atomic E-state index is 9.01. The highest BCUT2D eigenvalue weighted by molar-refractivity contribution is 5.14. The minimum Gasteiger partial charge on any atom is -0.467 e. The number of nitriles is 1. The van der Waals surface area contributed by atoms with E-state index in [9.17, 15) is 0 Å². The van der Waals surface area contributed by atoms with Crippen LogP contribution in [-0.4, -0.2) is 24.5 Å². The molecule has 0 spiro atoms. The third kappa shape index (κ3) is 1.52. The molecule has 74 valence electrons. The standard InChI is InChI=1S/C10H13N3O/c11-4-8-6-13(7-8)9(5-12)10-2-1-3-14-10/h1-3,8-9H,4,6-7,11H2/t9-/m1/s1. The van der Waals surface area contributed by atoms with Crippen LogP contribution in [0.25, 0.3) is 0 Å². The fourth-order valence-electron chi connectivity index (χ4n) is 1.74. The zero-order valence-electron chi connectivity index (χ0n) is 7.89. The Morgan fingerprint density at radius 2 is 2.50 bits per heavy atom. The van der Waals surface area contributed by atoms with Crippen molar-refractivity contribution in [3.8, 4) is 6.07 Å². The summed E-state index contributed by atoms with van der Waals surface area (Å²) in [6.45, 7) is 2.50. The van der Waals surface area contributed by atoms with E-state index < -0.39 is 0 Å². The molecular formula is C10H13N3O. The quantitative estimate of drug-likeness (QED) is 0.765. The number of nitrogens with two attached hydrogens (primary N) is 1. The molecule has 1 aliphatic heterocycles. The topological polar surface area (TPSA) is 66.2 Å². The minimum atomic E-state index is -0.243. The number of likely N-dealkylation sites (tertiary alicyclic amines) is 1. The molecule has 2 heterocycles. The van der Waals surface area contributed by atoms with Gasteiger partial charge in [-0.05, 0) is 24.6 Å². The van der Waals surface area contributed by atoms with Crippen molar-refractivity contribution < 1.29 is 4.42 Å². The van der Waals surface area contributed by atoms with E-state index in [0.29, 0.717) is 12.5 Å². The Morgan fingerprint density at radius 1 is 1.71 bits per heavy atom. The van der Waals surface area contributed by atoms with E-state index in [1.165, 1.54) is 0 Å². The van der Waals surface area contributed by atoms with Gasteiger partial charge in [-0.1, -0.05) is 0 Å². The van der Waals surface area contributed by atoms with Crippen molar-refractivity contribution >= 4 is 0 Å². The molecular weight excluding hydrogens is 178 g/mol. The molecule has 4 heteroatoms. The first-order valence-electron chi connectivity index (χ1n) is 4.72. The number of hydrogen-bond donors (Lipinski definition) is 1. The predicted octanol–water partition coefficient (Wildman–Crippen LogP) is 0.735. The molecule has 1 aromatic rings. The van der Waals surface area contributed by atoms with Crippen LogP contribution in [0.4, 0.5) is 0 Å². The number of rotatable bonds is 3. The van der Waals surface area contributed by atoms with Gasteiger partial charge in [-0.25, -0.2) is 0 Å². The third-order valence-corrected chi connectivity index (χ3v) is 2.62. The highest BCUT2D eigenvalue weighted by atomic mass is 16.3. The fourth-order valence-corrected chi connectivity index (χ4v) is 1.74. The van der Waals surface area contributed by atoms with Gasteiger partial charge in [0.2, 0.25) is 0 Å². The normalized spacial score (nSPS) is 20.0. The summed E-state index contributed by atoms with van der Waals surface area (Å²) in [7, 11) is 0. The van der Waals surface area contributed by atoms with E-state index in [2.05, 4.69) is 11.0 Å². The van der Waals surface area contributed by atoms with Crippen molar-refractivity contribution in [3.63, 3.8) is 0 Å². The Labute approximate surface area is 82.9 Å². The maximum Gasteiger partial charge on any atom is 0.156 e. The summed E-state index contributed by atoms with van der Waals surface area (Å²) in [6, 6.07) is 5.64. The maximum absolute atomic E-state index is 9.01. The summed E-state index contributed by atoms with van der Waals surface area (Å²) in [5, 5.41) is 9.01. The number of furan rings is 1. The summed E-state index contributed by atoms with van der Waals surface area (Å²) >= 11 is 0. The van der Waals surface area contributed by atoms with Crippen LogP contribution in [0, 0.1) is 17.2 Å². The zero-order chi connectivity index (χ0) is 9.97. The average molecular weight is 191 g/mol. The Bertz CT molecular complexity index is 322. The Balaban J connectivity index is 2.00. The highest BCUT2D eigenvalue weighted by Crippen LogP contribution is 2.27. The molecule has 0 unspecified atom stereocenters. The van der Waals surface area contributed by atoms with Crippen LogP contribution in [0.5, 0.6) is 0 Å². The lowest BCUT2D eigenvalue weighted by Gasteiger charge is -2.40. The largest absolute Gasteiger partial charge is 0.467 e. The van der Waals surface area contributed by atoms with E-state index in [1.54, 1.807) is 12.3 Å². The molecule has 14 heavy (non-hydrogen) atoms. The summed E-state index contributed by atoms with van der Waals surface area (Å²) in [6.07, 6.45) is 1.60. The molecule has 1 aromatic heterocycles. The molecule has 1 aliphatic rings. The lowest BCUT2D eigenvalue weighted by atomic mass is 9.97. The van der Waals surface area contributed by atoms with Crippen LogP contribution < -0.4 is 5.73 Å². The Kier molecular flexibility index (Phi) is 2.53. The van der Waals surface area contributed by atoms with Crippen LogP contribution >= 0.6 is 0 Å². The highest BCUT2D eigenvalue weighted by Gasteiger charge is 2.33. The van der Waals surface area contributed by atoms with Gasteiger partial charge in [0.05, 0.1) is 12.3 Å². The molecule has 2 N–H and O–H groups in total. The molecule has 4 nitrogen and oxygen atoms in total. The molecule has 0 bridgehead atoms. The average Bonchev–Trinajstić information content (AvgIpc) is 2.62. The summed E-state index contributed by atoms with van der Waals surface area (Å²) in [4.78, 5) is 2.08. The van der Waals surface area contributed by atoms with Crippen molar-refractivity contribution in [1.29, 1.82) is 5.26 Å². The van der Waals surface area contributed by atoms with Crippen molar-refractivity contribution in [1.82, 2.24) is 4.90 Å². The van der Waals surface area contributed by atoms with Crippen LogP contribution in [0.1, 0.15) is 11.8 Å². The van der Waals surface area contributed by atoms with Crippen LogP contribution in [0.2, 0.25) is 0 Å². The first-order chi connectivity index (χ1) is 6.85. The molecule has 0 aliphatic carbocycles. The first-order valence-corrected chi connectivity index (χ1v) is 4.72. The second-order valence-corrected chi connectivity index (χ2v) is 3.60. The Hall–Kier alpha value is -1.31. The lowest BCUT2D eigenvalue weighted by Crippen LogP contribution is -2.50. The zero-order valence-corrected chi connectivity index (χ0v) is 7.89. The summed E-state index contributed by atoms with van der Waals surface area (Å²) < 4.78 is 5.22. The molecule has 0 saturated carbocycles. The van der Waals surface area contributed by atoms with Gasteiger partial charge in [0, 0.05) is 13.1 Å². The molecule has 0 radical (unpaired) electrons. The lowest BCUT2D eigenvalue weighted by molar-refractivity contribution is 0.0708. The number of nitrogens with zero attached hydrogens (tertiary/aromatic N) is 2. The van der Waals surface area contributed by atoms with Gasteiger partial charge >= 0.3 is 0 Å². The van der Waals surface area contributed by atoms with Gasteiger partial charge in [0.15, 0.2) is 6.04 Å². The molecule has 1 saturated heterocycles. The van der Waals surface area contributed by atoms with Crippen molar-refractivity contribution in [3.05, 3.63) is 24.2 Å². The molecule has 1 fully saturated rings. The van der Waals surface area contributed by atoms with E-state index >= 15 is 0 Å². The SMILES string of the molecule is N#C[C@H](c1ccco1)N1CC(CN)C1. The predicted molar refractivity (Wildman–Crippen MR) is 51.2 cm³/mol. The van der Waals surface area contributed by atoms with Gasteiger partial charge in [-0.3, -0.25) is 4.90 Å². The second-order valence-electron chi connectivity index (χ2n) is 3.60. The Morgan fingerprint density at radius 3 is 3.00 bits per heavy atom. The fraction of sp³-hybridized carbons (Fsp3) is 0.500. The van der Waals surface area contributed by atoms with Gasteiger partial charge in [0.1, 0.15) is 5.76 Å². The van der Waals surface area contributed by atoms with Crippen molar-refractivity contribution in [2.24, 2.45) is 11.7 Å². The second kappa shape index (κ2) is 3.82. The smallest absolute Gasteiger partial charge is 0.156 e. The van der Waals surface area contributed by atoms with E-state index in [4.69, 9.17) is 15.4 Å². The molecule has 1 atom stereocenters. The van der Waals surface area contributed by atoms with Crippen molar-refractivity contribution in [2.75, 3.05) is 19.6 Å². The minimum absolute atomic E-state index is 0.243. The van der Waals surface area contributed by atoms with Gasteiger partial charge < -0.3 is 10.2 Å². The monoisotopic (exact) mass is 191 g/mol. The van der Waals surface area contributed by atoms with Crippen molar-refractivity contribution in [2.45, 2.75) is 6.04 Å². The summed E-state index contributed by atoms with van der Waals surface area (Å²) in [5.41, 5.74) is 5.52. The molecule has 0 aromatic carbocycles. The van der Waals surface area contributed by atoms with Crippen LogP contribution in [0.3, 0.4) is 0 Å². The third-order valence-electron chi connectivity index (χ3n) is 2.62. The van der Waals surface area contributed by atoms with Crippen LogP contribution in [0.15, 0.2) is 22.8 Å². The van der Waals surface area contributed by atoms with Crippen LogP contribution in [-0.2, 0) is 0 Å². The van der Waals surface area contributed by atoms with E-state index in [1.807, 2.05) is 6.07 Å². The van der Waals surface area contributed by atoms with E-state index in [-0.39, 0.29) is 6.04 Å². The molecule has 0 amide bonds. The summed E-state index contributed by atoms with van der Waals surface area (Å²) in [5.74, 6) is 1.27. The molecule has 2 rings (SSSR count). The van der Waals surface area contributed by atoms with E-state index in [0.717, 1.165) is 18.8 Å². The van der Waals surface area contributed by atoms with Gasteiger partial charge in [-0.15, -0.1) is 0 Å². The first kappa shape index (κ1) is 9.25. The van der Waals surface area contributed by atoms with Gasteiger partial charge in [-0.2, -0.15) is 5.26 Å². The number of hydrogen-bond acceptors (Lipinski definition) is 4. The van der Waals surface area contributed by atoms with Gasteiger partial charge in [0.25, 0.3) is 0 Å².